The van der Waals surface area contributed by atoms with Crippen LogP contribution in [0.2, 0.25) is 0 Å². The summed E-state index contributed by atoms with van der Waals surface area (Å²) >= 11 is 0. The molecule has 0 aromatic heterocycles. The number of ether oxygens (including phenoxy) is 1. The molecule has 2 aromatic rings. The summed E-state index contributed by atoms with van der Waals surface area (Å²) in [5, 5.41) is 2.55. The van der Waals surface area contributed by atoms with Crippen LogP contribution in [0.5, 0.6) is 5.75 Å². The molecule has 102 valence electrons. The van der Waals surface area contributed by atoms with Gasteiger partial charge in [-0.3, -0.25) is 4.79 Å². The molecular formula is C16H15NO3. The first-order chi connectivity index (χ1) is 9.70. The molecule has 0 aliphatic carbocycles. The number of carbonyl (C=O) groups excluding carboxylic acids is 2. The van der Waals surface area contributed by atoms with E-state index in [1.54, 1.807) is 55.6 Å². The molecule has 20 heavy (non-hydrogen) atoms. The van der Waals surface area contributed by atoms with E-state index in [0.29, 0.717) is 16.9 Å². The molecular weight excluding hydrogens is 254 g/mol. The lowest BCUT2D eigenvalue weighted by atomic mass is 10.1. The first-order valence-electron chi connectivity index (χ1n) is 6.26. The highest BCUT2D eigenvalue weighted by Crippen LogP contribution is 2.20. The lowest BCUT2D eigenvalue weighted by molar-refractivity contribution is -0.119. The Morgan fingerprint density at radius 1 is 1.00 bits per heavy atom. The van der Waals surface area contributed by atoms with Gasteiger partial charge in [0, 0.05) is 12.6 Å². The Morgan fingerprint density at radius 3 is 2.35 bits per heavy atom. The second-order valence-electron chi connectivity index (χ2n) is 4.21. The molecule has 1 N–H and O–H groups in total. The molecule has 0 heterocycles. The average molecular weight is 269 g/mol. The number of nitrogens with one attached hydrogen (secondary N) is 1. The molecule has 0 saturated carbocycles. The van der Waals surface area contributed by atoms with E-state index in [1.807, 2.05) is 6.07 Å². The summed E-state index contributed by atoms with van der Waals surface area (Å²) in [6.45, 7) is 0. The van der Waals surface area contributed by atoms with Crippen molar-refractivity contribution in [2.24, 2.45) is 0 Å². The number of benzene rings is 2. The van der Waals surface area contributed by atoms with E-state index in [4.69, 9.17) is 4.74 Å². The standard InChI is InChI=1S/C16H15NO3/c1-17-15(18)11-13-9-5-6-10-14(13)20-16(19)12-7-3-2-4-8-12/h2-10H,11H2,1H3,(H,17,18). The van der Waals surface area contributed by atoms with E-state index in [1.165, 1.54) is 0 Å². The van der Waals surface area contributed by atoms with Crippen molar-refractivity contribution in [3.8, 4) is 5.75 Å². The minimum absolute atomic E-state index is 0.131. The monoisotopic (exact) mass is 269 g/mol. The van der Waals surface area contributed by atoms with Crippen LogP contribution >= 0.6 is 0 Å². The third kappa shape index (κ3) is 3.45. The molecule has 2 rings (SSSR count). The fourth-order valence-corrected chi connectivity index (χ4v) is 1.74. The van der Waals surface area contributed by atoms with Crippen LogP contribution in [-0.4, -0.2) is 18.9 Å². The van der Waals surface area contributed by atoms with Crippen LogP contribution in [0.1, 0.15) is 15.9 Å². The first-order valence-corrected chi connectivity index (χ1v) is 6.26. The number of esters is 1. The van der Waals surface area contributed by atoms with Gasteiger partial charge in [-0.2, -0.15) is 0 Å². The number of carbonyl (C=O) groups is 2. The third-order valence-corrected chi connectivity index (χ3v) is 2.81. The average Bonchev–Trinajstić information content (AvgIpc) is 2.50. The largest absolute Gasteiger partial charge is 0.423 e. The van der Waals surface area contributed by atoms with E-state index in [9.17, 15) is 9.59 Å². The maximum absolute atomic E-state index is 12.0. The number of hydrogen-bond donors (Lipinski definition) is 1. The van der Waals surface area contributed by atoms with Gasteiger partial charge in [0.15, 0.2) is 0 Å². The topological polar surface area (TPSA) is 55.4 Å². The summed E-state index contributed by atoms with van der Waals surface area (Å²) in [5.74, 6) is -0.159. The lowest BCUT2D eigenvalue weighted by Crippen LogP contribution is -2.20. The van der Waals surface area contributed by atoms with Gasteiger partial charge in [0.05, 0.1) is 12.0 Å². The van der Waals surface area contributed by atoms with Crippen molar-refractivity contribution < 1.29 is 14.3 Å². The molecule has 2 aromatic carbocycles. The molecule has 0 aliphatic rings. The van der Waals surface area contributed by atoms with Crippen molar-refractivity contribution in [2.75, 3.05) is 7.05 Å². The summed E-state index contributed by atoms with van der Waals surface area (Å²) in [7, 11) is 1.57. The molecule has 0 atom stereocenters. The Labute approximate surface area is 117 Å². The quantitative estimate of drug-likeness (QED) is 0.684. The second kappa shape index (κ2) is 6.52. The van der Waals surface area contributed by atoms with Gasteiger partial charge in [-0.15, -0.1) is 0 Å². The van der Waals surface area contributed by atoms with Crippen molar-refractivity contribution in [1.29, 1.82) is 0 Å². The van der Waals surface area contributed by atoms with Crippen molar-refractivity contribution >= 4 is 11.9 Å². The van der Waals surface area contributed by atoms with Crippen molar-refractivity contribution in [3.63, 3.8) is 0 Å². The van der Waals surface area contributed by atoms with Crippen LogP contribution in [0.4, 0.5) is 0 Å². The molecule has 0 fully saturated rings. The highest BCUT2D eigenvalue weighted by molar-refractivity contribution is 5.91. The number of amides is 1. The Balaban J connectivity index is 2.17. The van der Waals surface area contributed by atoms with Gasteiger partial charge in [-0.25, -0.2) is 4.79 Å². The highest BCUT2D eigenvalue weighted by Gasteiger charge is 2.12. The summed E-state index contributed by atoms with van der Waals surface area (Å²) in [6.07, 6.45) is 0.175. The molecule has 0 bridgehead atoms. The Hall–Kier alpha value is -2.62. The molecule has 0 unspecified atom stereocenters. The normalized spacial score (nSPS) is 9.85. The van der Waals surface area contributed by atoms with E-state index in [2.05, 4.69) is 5.32 Å². The van der Waals surface area contributed by atoms with E-state index in [-0.39, 0.29) is 12.3 Å². The van der Waals surface area contributed by atoms with Gasteiger partial charge in [-0.1, -0.05) is 36.4 Å². The van der Waals surface area contributed by atoms with Gasteiger partial charge < -0.3 is 10.1 Å². The summed E-state index contributed by atoms with van der Waals surface area (Å²) < 4.78 is 5.36. The molecule has 0 spiro atoms. The van der Waals surface area contributed by atoms with Gasteiger partial charge in [0.2, 0.25) is 5.91 Å². The smallest absolute Gasteiger partial charge is 0.343 e. The number of likely N-dealkylation sites (N-methyl/N-ethyl adjacent to an activating group) is 1. The van der Waals surface area contributed by atoms with Crippen LogP contribution in [0.15, 0.2) is 54.6 Å². The van der Waals surface area contributed by atoms with Gasteiger partial charge in [-0.05, 0) is 18.2 Å². The zero-order valence-corrected chi connectivity index (χ0v) is 11.1. The molecule has 0 saturated heterocycles. The van der Waals surface area contributed by atoms with Crippen molar-refractivity contribution in [1.82, 2.24) is 5.32 Å². The molecule has 4 nitrogen and oxygen atoms in total. The number of para-hydroxylation sites is 1. The zero-order chi connectivity index (χ0) is 14.4. The van der Waals surface area contributed by atoms with E-state index in [0.717, 1.165) is 0 Å². The maximum atomic E-state index is 12.0. The lowest BCUT2D eigenvalue weighted by Gasteiger charge is -2.09. The molecule has 4 heteroatoms. The summed E-state index contributed by atoms with van der Waals surface area (Å²) in [5.41, 5.74) is 1.15. The maximum Gasteiger partial charge on any atom is 0.343 e. The van der Waals surface area contributed by atoms with Crippen LogP contribution < -0.4 is 10.1 Å². The minimum atomic E-state index is -0.435. The van der Waals surface area contributed by atoms with Gasteiger partial charge in [0.25, 0.3) is 0 Å². The third-order valence-electron chi connectivity index (χ3n) is 2.81. The Bertz CT molecular complexity index is 608. The molecule has 0 radical (unpaired) electrons. The Kier molecular flexibility index (Phi) is 4.50. The van der Waals surface area contributed by atoms with Gasteiger partial charge >= 0.3 is 5.97 Å². The molecule has 0 aliphatic heterocycles. The van der Waals surface area contributed by atoms with Crippen LogP contribution in [0.3, 0.4) is 0 Å². The van der Waals surface area contributed by atoms with Crippen molar-refractivity contribution in [2.45, 2.75) is 6.42 Å². The van der Waals surface area contributed by atoms with Crippen LogP contribution in [0, 0.1) is 0 Å². The highest BCUT2D eigenvalue weighted by atomic mass is 16.5. The van der Waals surface area contributed by atoms with Gasteiger partial charge in [0.1, 0.15) is 5.75 Å². The minimum Gasteiger partial charge on any atom is -0.423 e. The first kappa shape index (κ1) is 13.8. The summed E-state index contributed by atoms with van der Waals surface area (Å²) in [6, 6.07) is 15.8. The van der Waals surface area contributed by atoms with Crippen LogP contribution in [-0.2, 0) is 11.2 Å². The molecule has 1 amide bonds. The predicted octanol–water partition coefficient (Wildman–Crippen LogP) is 2.19. The Morgan fingerprint density at radius 2 is 1.65 bits per heavy atom. The number of hydrogen-bond acceptors (Lipinski definition) is 3. The second-order valence-corrected chi connectivity index (χ2v) is 4.21. The van der Waals surface area contributed by atoms with Crippen molar-refractivity contribution in [3.05, 3.63) is 65.7 Å². The fraction of sp³-hybridized carbons (Fsp3) is 0.125. The van der Waals surface area contributed by atoms with Crippen LogP contribution in [0.25, 0.3) is 0 Å². The van der Waals surface area contributed by atoms with E-state index < -0.39 is 5.97 Å². The van der Waals surface area contributed by atoms with E-state index >= 15 is 0 Å². The summed E-state index contributed by atoms with van der Waals surface area (Å²) in [4.78, 5) is 23.4. The predicted molar refractivity (Wildman–Crippen MR) is 75.6 cm³/mol. The number of rotatable bonds is 4. The zero-order valence-electron chi connectivity index (χ0n) is 11.1. The fourth-order valence-electron chi connectivity index (χ4n) is 1.74. The SMILES string of the molecule is CNC(=O)Cc1ccccc1OC(=O)c1ccccc1.